The van der Waals surface area contributed by atoms with Gasteiger partial charge < -0.3 is 5.32 Å². The fraction of sp³-hybridized carbons (Fsp3) is 0.533. The van der Waals surface area contributed by atoms with Gasteiger partial charge in [-0.05, 0) is 57.0 Å². The molecule has 0 radical (unpaired) electrons. The van der Waals surface area contributed by atoms with Crippen molar-refractivity contribution in [2.75, 3.05) is 26.7 Å². The molecule has 22 heavy (non-hydrogen) atoms. The standard InChI is InChI=1S/C15H21N3O2S.ClH/c1-12-3-4-14(10-16)9-15(12)21(19,20)18-7-5-13(6-8-18)11-17-2;/h3-4,9,13,17H,5-8,11H2,1-2H3;1H. The maximum absolute atomic E-state index is 12.7. The zero-order valence-corrected chi connectivity index (χ0v) is 14.5. The van der Waals surface area contributed by atoms with E-state index in [-0.39, 0.29) is 17.3 Å². The second-order valence-corrected chi connectivity index (χ2v) is 7.40. The first-order valence-corrected chi connectivity index (χ1v) is 8.58. The van der Waals surface area contributed by atoms with E-state index in [1.54, 1.807) is 23.4 Å². The smallest absolute Gasteiger partial charge is 0.243 e. The number of halogens is 1. The minimum absolute atomic E-state index is 0. The van der Waals surface area contributed by atoms with Crippen molar-refractivity contribution < 1.29 is 8.42 Å². The lowest BCUT2D eigenvalue weighted by Gasteiger charge is -2.31. The van der Waals surface area contributed by atoms with Crippen molar-refractivity contribution in [3.63, 3.8) is 0 Å². The van der Waals surface area contributed by atoms with E-state index in [0.717, 1.165) is 19.4 Å². The highest BCUT2D eigenvalue weighted by molar-refractivity contribution is 7.89. The molecule has 7 heteroatoms. The van der Waals surface area contributed by atoms with E-state index in [9.17, 15) is 8.42 Å². The average molecular weight is 344 g/mol. The molecule has 0 amide bonds. The van der Waals surface area contributed by atoms with Crippen molar-refractivity contribution >= 4 is 22.4 Å². The third-order valence-corrected chi connectivity index (χ3v) is 6.04. The summed E-state index contributed by atoms with van der Waals surface area (Å²) in [6, 6.07) is 6.82. The number of sulfonamides is 1. The van der Waals surface area contributed by atoms with Crippen LogP contribution in [-0.4, -0.2) is 39.4 Å². The van der Waals surface area contributed by atoms with Crippen LogP contribution in [0.4, 0.5) is 0 Å². The summed E-state index contributed by atoms with van der Waals surface area (Å²) in [5.74, 6) is 0.535. The average Bonchev–Trinajstić information content (AvgIpc) is 2.48. The van der Waals surface area contributed by atoms with Crippen LogP contribution >= 0.6 is 12.4 Å². The highest BCUT2D eigenvalue weighted by atomic mass is 35.5. The SMILES string of the molecule is CNCC1CCN(S(=O)(=O)c2cc(C#N)ccc2C)CC1.Cl. The summed E-state index contributed by atoms with van der Waals surface area (Å²) < 4.78 is 27.0. The molecule has 1 aliphatic heterocycles. The maximum atomic E-state index is 12.7. The number of nitrogens with zero attached hydrogens (tertiary/aromatic N) is 2. The molecule has 0 bridgehead atoms. The van der Waals surface area contributed by atoms with Gasteiger partial charge in [-0.1, -0.05) is 6.07 Å². The predicted molar refractivity (Wildman–Crippen MR) is 88.6 cm³/mol. The van der Waals surface area contributed by atoms with Crippen molar-refractivity contribution in [1.29, 1.82) is 5.26 Å². The van der Waals surface area contributed by atoms with Crippen LogP contribution in [0.5, 0.6) is 0 Å². The Labute approximate surface area is 138 Å². The van der Waals surface area contributed by atoms with Gasteiger partial charge in [0.15, 0.2) is 0 Å². The zero-order valence-electron chi connectivity index (χ0n) is 12.9. The monoisotopic (exact) mass is 343 g/mol. The van der Waals surface area contributed by atoms with Crippen molar-refractivity contribution in [2.45, 2.75) is 24.7 Å². The van der Waals surface area contributed by atoms with Crippen LogP contribution in [0, 0.1) is 24.2 Å². The van der Waals surface area contributed by atoms with Crippen LogP contribution in [0.25, 0.3) is 0 Å². The molecule has 1 saturated heterocycles. The molecular weight excluding hydrogens is 322 g/mol. The number of nitriles is 1. The number of rotatable bonds is 4. The van der Waals surface area contributed by atoms with Gasteiger partial charge in [-0.3, -0.25) is 0 Å². The van der Waals surface area contributed by atoms with Gasteiger partial charge in [-0.15, -0.1) is 12.4 Å². The molecule has 5 nitrogen and oxygen atoms in total. The Morgan fingerprint density at radius 3 is 2.55 bits per heavy atom. The number of benzene rings is 1. The second kappa shape index (κ2) is 7.93. The van der Waals surface area contributed by atoms with Gasteiger partial charge in [0.1, 0.15) is 0 Å². The quantitative estimate of drug-likeness (QED) is 0.906. The van der Waals surface area contributed by atoms with E-state index in [1.165, 1.54) is 6.07 Å². The minimum atomic E-state index is -3.50. The molecule has 0 atom stereocenters. The molecule has 0 saturated carbocycles. The van der Waals surface area contributed by atoms with Gasteiger partial charge in [-0.25, -0.2) is 8.42 Å². The van der Waals surface area contributed by atoms with E-state index in [0.29, 0.717) is 30.1 Å². The third-order valence-electron chi connectivity index (χ3n) is 4.00. The van der Waals surface area contributed by atoms with Crippen LogP contribution in [0.1, 0.15) is 24.0 Å². The van der Waals surface area contributed by atoms with Gasteiger partial charge in [0.25, 0.3) is 0 Å². The largest absolute Gasteiger partial charge is 0.319 e. The molecule has 1 fully saturated rings. The summed E-state index contributed by atoms with van der Waals surface area (Å²) >= 11 is 0. The maximum Gasteiger partial charge on any atom is 0.243 e. The molecular formula is C15H22ClN3O2S. The number of piperidine rings is 1. The fourth-order valence-electron chi connectivity index (χ4n) is 2.73. The van der Waals surface area contributed by atoms with Crippen molar-refractivity contribution in [3.8, 4) is 6.07 Å². The summed E-state index contributed by atoms with van der Waals surface area (Å²) in [6.45, 7) is 3.79. The second-order valence-electron chi connectivity index (χ2n) is 5.50. The first kappa shape index (κ1) is 18.9. The molecule has 122 valence electrons. The van der Waals surface area contributed by atoms with Crippen LogP contribution < -0.4 is 5.32 Å². The summed E-state index contributed by atoms with van der Waals surface area (Å²) in [4.78, 5) is 0.258. The lowest BCUT2D eigenvalue weighted by atomic mass is 9.98. The van der Waals surface area contributed by atoms with Crippen molar-refractivity contribution in [1.82, 2.24) is 9.62 Å². The molecule has 0 aliphatic carbocycles. The van der Waals surface area contributed by atoms with E-state index >= 15 is 0 Å². The third kappa shape index (κ3) is 3.99. The van der Waals surface area contributed by atoms with E-state index in [2.05, 4.69) is 5.32 Å². The Morgan fingerprint density at radius 2 is 2.00 bits per heavy atom. The van der Waals surface area contributed by atoms with Crippen LogP contribution in [0.15, 0.2) is 23.1 Å². The first-order valence-electron chi connectivity index (χ1n) is 7.14. The van der Waals surface area contributed by atoms with Crippen molar-refractivity contribution in [2.24, 2.45) is 5.92 Å². The van der Waals surface area contributed by atoms with Crippen LogP contribution in [-0.2, 0) is 10.0 Å². The van der Waals surface area contributed by atoms with Crippen LogP contribution in [0.2, 0.25) is 0 Å². The Hall–Kier alpha value is -1.13. The number of nitrogens with one attached hydrogen (secondary N) is 1. The van der Waals surface area contributed by atoms with Gasteiger partial charge in [0.2, 0.25) is 10.0 Å². The fourth-order valence-corrected chi connectivity index (χ4v) is 4.45. The summed E-state index contributed by atoms with van der Waals surface area (Å²) in [6.07, 6.45) is 1.74. The molecule has 1 aliphatic rings. The molecule has 1 N–H and O–H groups in total. The normalized spacial score (nSPS) is 16.8. The Morgan fingerprint density at radius 1 is 1.36 bits per heavy atom. The van der Waals surface area contributed by atoms with Crippen LogP contribution in [0.3, 0.4) is 0 Å². The van der Waals surface area contributed by atoms with Gasteiger partial charge in [-0.2, -0.15) is 9.57 Å². The minimum Gasteiger partial charge on any atom is -0.319 e. The van der Waals surface area contributed by atoms with E-state index in [1.807, 2.05) is 13.1 Å². The molecule has 2 rings (SSSR count). The first-order chi connectivity index (χ1) is 9.98. The molecule has 1 aromatic rings. The van der Waals surface area contributed by atoms with E-state index in [4.69, 9.17) is 5.26 Å². The highest BCUT2D eigenvalue weighted by Gasteiger charge is 2.30. The lowest BCUT2D eigenvalue weighted by molar-refractivity contribution is 0.270. The summed E-state index contributed by atoms with van der Waals surface area (Å²) in [5.41, 5.74) is 1.07. The van der Waals surface area contributed by atoms with Crippen molar-refractivity contribution in [3.05, 3.63) is 29.3 Å². The molecule has 0 unspecified atom stereocenters. The zero-order chi connectivity index (χ0) is 15.5. The van der Waals surface area contributed by atoms with Gasteiger partial charge >= 0.3 is 0 Å². The van der Waals surface area contributed by atoms with Gasteiger partial charge in [0, 0.05) is 13.1 Å². The highest BCUT2D eigenvalue weighted by Crippen LogP contribution is 2.26. The summed E-state index contributed by atoms with van der Waals surface area (Å²) in [5, 5.41) is 12.1. The molecule has 0 aromatic heterocycles. The Bertz CT molecular complexity index is 647. The molecule has 0 spiro atoms. The van der Waals surface area contributed by atoms with Gasteiger partial charge in [0.05, 0.1) is 16.5 Å². The molecule has 1 heterocycles. The lowest BCUT2D eigenvalue weighted by Crippen LogP contribution is -2.40. The topological polar surface area (TPSA) is 73.2 Å². The predicted octanol–water partition coefficient (Wildman–Crippen LogP) is 1.91. The number of hydrogen-bond acceptors (Lipinski definition) is 4. The van der Waals surface area contributed by atoms with E-state index < -0.39 is 10.0 Å². The molecule has 1 aromatic carbocycles. The Kier molecular flexibility index (Phi) is 6.82. The number of aryl methyl sites for hydroxylation is 1. The number of hydrogen-bond donors (Lipinski definition) is 1. The Balaban J connectivity index is 0.00000242. The summed E-state index contributed by atoms with van der Waals surface area (Å²) in [7, 11) is -1.59.